The molecule has 0 saturated carbocycles. The van der Waals surface area contributed by atoms with Gasteiger partial charge in [-0.05, 0) is 56.3 Å². The zero-order chi connectivity index (χ0) is 19.0. The van der Waals surface area contributed by atoms with Crippen LogP contribution in [0.25, 0.3) is 15.9 Å². The largest absolute Gasteiger partial charge is 0.352 e. The smallest absolute Gasteiger partial charge is 0.336 e. The number of fused-ring (bicyclic) bond motifs is 1. The third-order valence-electron chi connectivity index (χ3n) is 4.32. The third kappa shape index (κ3) is 3.10. The molecule has 26 heavy (non-hydrogen) atoms. The number of amides is 1. The fourth-order valence-corrected chi connectivity index (χ4v) is 3.77. The average Bonchev–Trinajstić information content (AvgIpc) is 3.04. The fourth-order valence-electron chi connectivity index (χ4n) is 2.94. The summed E-state index contributed by atoms with van der Waals surface area (Å²) in [5.41, 5.74) is 2.03. The second-order valence-corrected chi connectivity index (χ2v) is 7.50. The molecule has 0 fully saturated rings. The minimum Gasteiger partial charge on any atom is -0.352 e. The lowest BCUT2D eigenvalue weighted by Gasteiger charge is -2.15. The Bertz CT molecular complexity index is 1110. The van der Waals surface area contributed by atoms with Crippen molar-refractivity contribution < 1.29 is 4.79 Å². The van der Waals surface area contributed by atoms with E-state index in [9.17, 15) is 14.4 Å². The summed E-state index contributed by atoms with van der Waals surface area (Å²) in [5.74, 6) is -0.263. The number of hydrogen-bond donors (Lipinski definition) is 1. The van der Waals surface area contributed by atoms with E-state index in [-0.39, 0.29) is 24.1 Å². The first-order chi connectivity index (χ1) is 12.3. The van der Waals surface area contributed by atoms with Gasteiger partial charge in [-0.1, -0.05) is 12.1 Å². The monoisotopic (exact) mass is 371 g/mol. The van der Waals surface area contributed by atoms with Gasteiger partial charge in [0.1, 0.15) is 11.2 Å². The van der Waals surface area contributed by atoms with Crippen molar-refractivity contribution in [3.05, 3.63) is 61.6 Å². The Kier molecular flexibility index (Phi) is 4.82. The van der Waals surface area contributed by atoms with Gasteiger partial charge < -0.3 is 5.32 Å². The lowest BCUT2D eigenvalue weighted by Crippen LogP contribution is -2.42. The highest BCUT2D eigenvalue weighted by atomic mass is 32.1. The first kappa shape index (κ1) is 18.1. The second-order valence-electron chi connectivity index (χ2n) is 6.59. The molecule has 136 valence electrons. The Balaban J connectivity index is 2.28. The maximum Gasteiger partial charge on any atom is 0.336 e. The quantitative estimate of drug-likeness (QED) is 0.765. The normalized spacial score (nSPS) is 11.3. The second kappa shape index (κ2) is 6.92. The van der Waals surface area contributed by atoms with Crippen molar-refractivity contribution in [1.29, 1.82) is 0 Å². The van der Waals surface area contributed by atoms with E-state index < -0.39 is 5.69 Å². The standard InChI is InChI=1S/C19H21N3O3S/c1-11(2)20-16(23)10-21-15-8-9-26-17(15)18(24)22(19(21)25)14-7-5-6-12(3)13(14)4/h5-9,11H,10H2,1-4H3,(H,20,23). The molecule has 3 rings (SSSR count). The molecule has 0 spiro atoms. The van der Waals surface area contributed by atoms with Crippen LogP contribution < -0.4 is 16.6 Å². The fraction of sp³-hybridized carbons (Fsp3) is 0.316. The Morgan fingerprint density at radius 1 is 1.19 bits per heavy atom. The molecular weight excluding hydrogens is 350 g/mol. The van der Waals surface area contributed by atoms with Gasteiger partial charge in [0.25, 0.3) is 5.56 Å². The van der Waals surface area contributed by atoms with E-state index in [2.05, 4.69) is 5.32 Å². The number of aromatic nitrogens is 2. The van der Waals surface area contributed by atoms with Gasteiger partial charge in [-0.25, -0.2) is 9.36 Å². The van der Waals surface area contributed by atoms with Gasteiger partial charge in [-0.3, -0.25) is 14.2 Å². The summed E-state index contributed by atoms with van der Waals surface area (Å²) in [6, 6.07) is 7.18. The van der Waals surface area contributed by atoms with Crippen LogP contribution in [0.5, 0.6) is 0 Å². The number of carbonyl (C=O) groups excluding carboxylic acids is 1. The SMILES string of the molecule is Cc1cccc(-n2c(=O)c3sccc3n(CC(=O)NC(C)C)c2=O)c1C. The molecule has 7 heteroatoms. The van der Waals surface area contributed by atoms with Crippen LogP contribution in [-0.4, -0.2) is 21.1 Å². The molecule has 0 aliphatic carbocycles. The van der Waals surface area contributed by atoms with Crippen molar-refractivity contribution in [2.75, 3.05) is 0 Å². The zero-order valence-electron chi connectivity index (χ0n) is 15.2. The molecule has 1 amide bonds. The highest BCUT2D eigenvalue weighted by Crippen LogP contribution is 2.19. The summed E-state index contributed by atoms with van der Waals surface area (Å²) >= 11 is 1.27. The summed E-state index contributed by atoms with van der Waals surface area (Å²) in [4.78, 5) is 38.3. The molecule has 0 atom stereocenters. The molecule has 1 N–H and O–H groups in total. The summed E-state index contributed by atoms with van der Waals surface area (Å²) in [6.07, 6.45) is 0. The molecule has 0 saturated heterocycles. The topological polar surface area (TPSA) is 73.1 Å². The zero-order valence-corrected chi connectivity index (χ0v) is 16.0. The first-order valence-electron chi connectivity index (χ1n) is 8.40. The predicted molar refractivity (Wildman–Crippen MR) is 104 cm³/mol. The molecule has 3 aromatic rings. The van der Waals surface area contributed by atoms with E-state index in [1.807, 2.05) is 39.8 Å². The van der Waals surface area contributed by atoms with Crippen molar-refractivity contribution in [3.63, 3.8) is 0 Å². The number of hydrogen-bond acceptors (Lipinski definition) is 4. The maximum absolute atomic E-state index is 13.1. The van der Waals surface area contributed by atoms with Crippen LogP contribution in [0.3, 0.4) is 0 Å². The third-order valence-corrected chi connectivity index (χ3v) is 5.21. The minimum atomic E-state index is -0.506. The number of carbonyl (C=O) groups is 1. The van der Waals surface area contributed by atoms with Crippen LogP contribution in [0.2, 0.25) is 0 Å². The molecule has 0 unspecified atom stereocenters. The summed E-state index contributed by atoms with van der Waals surface area (Å²) < 4.78 is 3.00. The Hall–Kier alpha value is -2.67. The molecule has 2 aromatic heterocycles. The van der Waals surface area contributed by atoms with Gasteiger partial charge in [-0.2, -0.15) is 0 Å². The molecular formula is C19H21N3O3S. The lowest BCUT2D eigenvalue weighted by molar-refractivity contribution is -0.122. The van der Waals surface area contributed by atoms with Crippen LogP contribution in [0.4, 0.5) is 0 Å². The van der Waals surface area contributed by atoms with Gasteiger partial charge >= 0.3 is 5.69 Å². The number of aryl methyl sites for hydroxylation is 1. The predicted octanol–water partition coefficient (Wildman–Crippen LogP) is 2.36. The molecule has 2 heterocycles. The molecule has 1 aromatic carbocycles. The lowest BCUT2D eigenvalue weighted by atomic mass is 10.1. The molecule has 0 radical (unpaired) electrons. The van der Waals surface area contributed by atoms with E-state index in [0.717, 1.165) is 11.1 Å². The summed E-state index contributed by atoms with van der Waals surface area (Å²) in [7, 11) is 0. The van der Waals surface area contributed by atoms with Gasteiger partial charge in [0.05, 0.1) is 11.2 Å². The first-order valence-corrected chi connectivity index (χ1v) is 9.28. The van der Waals surface area contributed by atoms with Crippen LogP contribution in [0.15, 0.2) is 39.2 Å². The van der Waals surface area contributed by atoms with Gasteiger partial charge in [0, 0.05) is 6.04 Å². The molecule has 0 bridgehead atoms. The van der Waals surface area contributed by atoms with E-state index in [1.165, 1.54) is 20.5 Å². The highest BCUT2D eigenvalue weighted by molar-refractivity contribution is 7.17. The number of rotatable bonds is 4. The number of nitrogens with one attached hydrogen (secondary N) is 1. The van der Waals surface area contributed by atoms with Crippen LogP contribution in [0, 0.1) is 13.8 Å². The van der Waals surface area contributed by atoms with Crippen LogP contribution >= 0.6 is 11.3 Å². The van der Waals surface area contributed by atoms with Crippen LogP contribution in [0.1, 0.15) is 25.0 Å². The van der Waals surface area contributed by atoms with Crippen LogP contribution in [-0.2, 0) is 11.3 Å². The van der Waals surface area contributed by atoms with E-state index in [1.54, 1.807) is 17.5 Å². The molecule has 6 nitrogen and oxygen atoms in total. The molecule has 0 aliphatic heterocycles. The Labute approximate surface area is 154 Å². The van der Waals surface area contributed by atoms with E-state index in [0.29, 0.717) is 15.9 Å². The Morgan fingerprint density at radius 2 is 1.92 bits per heavy atom. The van der Waals surface area contributed by atoms with Crippen molar-refractivity contribution in [3.8, 4) is 5.69 Å². The Morgan fingerprint density at radius 3 is 2.62 bits per heavy atom. The van der Waals surface area contributed by atoms with Gasteiger partial charge in [0.2, 0.25) is 5.91 Å². The average molecular weight is 371 g/mol. The number of nitrogens with zero attached hydrogens (tertiary/aromatic N) is 2. The number of benzene rings is 1. The van der Waals surface area contributed by atoms with Crippen molar-refractivity contribution in [2.45, 2.75) is 40.3 Å². The summed E-state index contributed by atoms with van der Waals surface area (Å²) in [6.45, 7) is 7.40. The van der Waals surface area contributed by atoms with Gasteiger partial charge in [0.15, 0.2) is 0 Å². The number of thiophene rings is 1. The van der Waals surface area contributed by atoms with Crippen molar-refractivity contribution in [2.24, 2.45) is 0 Å². The maximum atomic E-state index is 13.1. The molecule has 0 aliphatic rings. The summed E-state index contributed by atoms with van der Waals surface area (Å²) in [5, 5.41) is 4.55. The van der Waals surface area contributed by atoms with E-state index in [4.69, 9.17) is 0 Å². The van der Waals surface area contributed by atoms with Crippen molar-refractivity contribution >= 4 is 27.5 Å². The van der Waals surface area contributed by atoms with Gasteiger partial charge in [-0.15, -0.1) is 11.3 Å². The van der Waals surface area contributed by atoms with E-state index >= 15 is 0 Å². The highest BCUT2D eigenvalue weighted by Gasteiger charge is 2.19. The minimum absolute atomic E-state index is 0.0268. The van der Waals surface area contributed by atoms with Crippen molar-refractivity contribution in [1.82, 2.24) is 14.5 Å².